The standard InChI is InChI=1S/C44H81N3O15/c1-16-31-44(10,54)36(51)28(6)45-39(52)24(2)22-42(8,55-14)37(62-41-34(50)30(46(11)12)21-25(3)57-41)26(4)35(27(5)40(53)59-31)61-33-23-43(9,56-15)38(29(7)58-33)60-32(49)17-18-47(13)19-20-48/h24-31,33-38,41,48,50-51,54H,16-23H2,1-15H3,(H,45,52)/t24-,25-,26+,27-,28-,29+,30+,31-,33+,34-,35+,36-,37-,38+,41+,42-,43-,44-/m1/s1. The maximum atomic E-state index is 14.5. The lowest BCUT2D eigenvalue weighted by atomic mass is 9.77. The molecule has 3 saturated heterocycles. The van der Waals surface area contributed by atoms with Crippen LogP contribution in [0, 0.1) is 17.8 Å². The number of carbonyl (C=O) groups excluding carboxylic acids is 3. The predicted octanol–water partition coefficient (Wildman–Crippen LogP) is 1.60. The van der Waals surface area contributed by atoms with Crippen LogP contribution in [0.3, 0.4) is 0 Å². The molecule has 18 heteroatoms. The van der Waals surface area contributed by atoms with Crippen molar-refractivity contribution in [3.8, 4) is 0 Å². The Bertz CT molecular complexity index is 1440. The Morgan fingerprint density at radius 1 is 0.903 bits per heavy atom. The summed E-state index contributed by atoms with van der Waals surface area (Å²) in [5.41, 5.74) is -4.39. The molecule has 18 nitrogen and oxygen atoms in total. The number of rotatable bonds is 14. The van der Waals surface area contributed by atoms with E-state index in [9.17, 15) is 34.8 Å². The zero-order valence-corrected chi connectivity index (χ0v) is 40.0. The van der Waals surface area contributed by atoms with Crippen LogP contribution in [0.4, 0.5) is 0 Å². The Balaban J connectivity index is 2.16. The van der Waals surface area contributed by atoms with Gasteiger partial charge in [-0.3, -0.25) is 14.4 Å². The molecule has 0 bridgehead atoms. The first-order valence-electron chi connectivity index (χ1n) is 22.3. The number of aliphatic hydroxyl groups excluding tert-OH is 3. The zero-order valence-electron chi connectivity index (χ0n) is 40.0. The summed E-state index contributed by atoms with van der Waals surface area (Å²) in [5.74, 6) is -4.24. The molecule has 3 heterocycles. The molecule has 3 aliphatic rings. The summed E-state index contributed by atoms with van der Waals surface area (Å²) in [5, 5.41) is 47.0. The number of aliphatic hydroxyl groups is 4. The molecular weight excluding hydrogens is 810 g/mol. The number of likely N-dealkylation sites (N-methyl/N-ethyl adjacent to an activating group) is 2. The van der Waals surface area contributed by atoms with Crippen molar-refractivity contribution in [1.29, 1.82) is 0 Å². The van der Waals surface area contributed by atoms with E-state index in [1.165, 1.54) is 21.1 Å². The van der Waals surface area contributed by atoms with Gasteiger partial charge in [-0.15, -0.1) is 0 Å². The Morgan fingerprint density at radius 3 is 2.08 bits per heavy atom. The van der Waals surface area contributed by atoms with Gasteiger partial charge < -0.3 is 73.4 Å². The smallest absolute Gasteiger partial charge is 0.311 e. The van der Waals surface area contributed by atoms with Gasteiger partial charge in [-0.05, 0) is 88.9 Å². The predicted molar refractivity (Wildman–Crippen MR) is 228 cm³/mol. The van der Waals surface area contributed by atoms with Crippen molar-refractivity contribution < 1.29 is 72.7 Å². The van der Waals surface area contributed by atoms with Crippen LogP contribution in [-0.2, 0) is 52.3 Å². The van der Waals surface area contributed by atoms with Crippen molar-refractivity contribution in [2.75, 3.05) is 55.1 Å². The Morgan fingerprint density at radius 2 is 1.52 bits per heavy atom. The van der Waals surface area contributed by atoms with E-state index in [0.717, 1.165) is 0 Å². The molecule has 18 atom stereocenters. The van der Waals surface area contributed by atoms with Crippen LogP contribution in [0.15, 0.2) is 0 Å². The highest BCUT2D eigenvalue weighted by molar-refractivity contribution is 5.78. The van der Waals surface area contributed by atoms with Crippen LogP contribution in [0.25, 0.3) is 0 Å². The molecule has 0 spiro atoms. The summed E-state index contributed by atoms with van der Waals surface area (Å²) in [6, 6.07) is -1.27. The Hall–Kier alpha value is -2.07. The number of methoxy groups -OCH3 is 2. The van der Waals surface area contributed by atoms with Gasteiger partial charge in [0, 0.05) is 51.6 Å². The topological polar surface area (TPSA) is 224 Å². The minimum atomic E-state index is -1.98. The van der Waals surface area contributed by atoms with Crippen LogP contribution < -0.4 is 5.32 Å². The number of carbonyl (C=O) groups is 3. The van der Waals surface area contributed by atoms with Crippen molar-refractivity contribution in [3.05, 3.63) is 0 Å². The second kappa shape index (κ2) is 22.9. The number of ether oxygens (including phenoxy) is 8. The number of esters is 2. The van der Waals surface area contributed by atoms with Crippen molar-refractivity contribution >= 4 is 17.8 Å². The number of nitrogens with zero attached hydrogens (tertiary/aromatic N) is 2. The molecule has 0 saturated carbocycles. The van der Waals surface area contributed by atoms with Crippen LogP contribution in [0.5, 0.6) is 0 Å². The largest absolute Gasteiger partial charge is 0.459 e. The number of hydrogen-bond donors (Lipinski definition) is 5. The first-order chi connectivity index (χ1) is 28.8. The van der Waals surface area contributed by atoms with Crippen LogP contribution in [0.1, 0.15) is 101 Å². The lowest BCUT2D eigenvalue weighted by Crippen LogP contribution is -2.61. The fourth-order valence-corrected chi connectivity index (χ4v) is 9.39. The summed E-state index contributed by atoms with van der Waals surface area (Å²) in [4.78, 5) is 45.1. The summed E-state index contributed by atoms with van der Waals surface area (Å²) < 4.78 is 50.8. The van der Waals surface area contributed by atoms with E-state index < -0.39 is 114 Å². The van der Waals surface area contributed by atoms with Crippen molar-refractivity contribution in [3.63, 3.8) is 0 Å². The molecule has 0 aromatic rings. The molecule has 1 amide bonds. The molecule has 0 radical (unpaired) electrons. The number of nitrogens with one attached hydrogen (secondary N) is 1. The molecule has 0 aliphatic carbocycles. The summed E-state index contributed by atoms with van der Waals surface area (Å²) in [6.07, 6.45) is -9.13. The fourth-order valence-electron chi connectivity index (χ4n) is 9.39. The third-order valence-electron chi connectivity index (χ3n) is 13.5. The first kappa shape index (κ1) is 54.3. The maximum absolute atomic E-state index is 14.5. The normalized spacial score (nSPS) is 43.1. The number of cyclic esters (lactones) is 1. The van der Waals surface area contributed by atoms with Crippen molar-refractivity contribution in [1.82, 2.24) is 15.1 Å². The van der Waals surface area contributed by atoms with Crippen LogP contribution in [0.2, 0.25) is 0 Å². The fraction of sp³-hybridized carbons (Fsp3) is 0.932. The summed E-state index contributed by atoms with van der Waals surface area (Å²) in [7, 11) is 8.54. The van der Waals surface area contributed by atoms with Crippen molar-refractivity contribution in [2.24, 2.45) is 17.8 Å². The second-order valence-corrected chi connectivity index (χ2v) is 19.0. The highest BCUT2D eigenvalue weighted by Gasteiger charge is 2.54. The third kappa shape index (κ3) is 13.1. The minimum absolute atomic E-state index is 0.0408. The Kier molecular flexibility index (Phi) is 20.0. The van der Waals surface area contributed by atoms with E-state index >= 15 is 0 Å². The van der Waals surface area contributed by atoms with E-state index in [1.807, 2.05) is 37.7 Å². The second-order valence-electron chi connectivity index (χ2n) is 19.0. The first-order valence-corrected chi connectivity index (χ1v) is 22.3. The SMILES string of the molecule is CC[C@H]1OC(=O)[C@H](C)[C@@H](O[C@H]2C[C@@](C)(OC)[C@@H](OC(=O)CCN(C)CCO)[C@H](C)O2)[C@H](C)[C@@H](O[C@@H]2O[C@H](C)C[C@H](N(C)C)[C@H]2O)[C@](C)(OC)C[C@@H](C)C(=O)N[C@H](C)[C@@H](O)[C@]1(C)O. The van der Waals surface area contributed by atoms with Crippen LogP contribution >= 0.6 is 0 Å². The van der Waals surface area contributed by atoms with Gasteiger partial charge in [-0.25, -0.2) is 0 Å². The molecule has 0 unspecified atom stereocenters. The highest BCUT2D eigenvalue weighted by Crippen LogP contribution is 2.41. The maximum Gasteiger partial charge on any atom is 0.311 e. The molecular formula is C44H81N3O15. The monoisotopic (exact) mass is 892 g/mol. The van der Waals surface area contributed by atoms with Gasteiger partial charge in [0.05, 0.1) is 55.0 Å². The molecule has 0 aromatic heterocycles. The molecule has 3 fully saturated rings. The number of amides is 1. The van der Waals surface area contributed by atoms with Gasteiger partial charge in [-0.1, -0.05) is 20.8 Å². The van der Waals surface area contributed by atoms with Gasteiger partial charge in [0.2, 0.25) is 5.91 Å². The Labute approximate surface area is 369 Å². The van der Waals surface area contributed by atoms with Gasteiger partial charge >= 0.3 is 11.9 Å². The van der Waals surface area contributed by atoms with Gasteiger partial charge in [-0.2, -0.15) is 0 Å². The zero-order chi connectivity index (χ0) is 47.1. The highest BCUT2D eigenvalue weighted by atomic mass is 16.7. The quantitative estimate of drug-likeness (QED) is 0.156. The number of hydrogen-bond acceptors (Lipinski definition) is 17. The molecule has 3 rings (SSSR count). The minimum Gasteiger partial charge on any atom is -0.459 e. The van der Waals surface area contributed by atoms with Crippen LogP contribution in [-0.4, -0.2) is 193 Å². The average molecular weight is 892 g/mol. The molecule has 0 aromatic carbocycles. The van der Waals surface area contributed by atoms with E-state index in [0.29, 0.717) is 19.5 Å². The molecule has 5 N–H and O–H groups in total. The lowest BCUT2D eigenvalue weighted by Gasteiger charge is -2.49. The third-order valence-corrected chi connectivity index (χ3v) is 13.5. The summed E-state index contributed by atoms with van der Waals surface area (Å²) in [6.45, 7) is 17.8. The van der Waals surface area contributed by atoms with Crippen molar-refractivity contribution in [2.45, 2.75) is 192 Å². The van der Waals surface area contributed by atoms with E-state index in [4.69, 9.17) is 37.9 Å². The molecule has 3 aliphatic heterocycles. The van der Waals surface area contributed by atoms with E-state index in [1.54, 1.807) is 55.5 Å². The lowest BCUT2D eigenvalue weighted by molar-refractivity contribution is -0.320. The average Bonchev–Trinajstić information content (AvgIpc) is 3.21. The van der Waals surface area contributed by atoms with E-state index in [2.05, 4.69) is 5.32 Å². The van der Waals surface area contributed by atoms with Gasteiger partial charge in [0.25, 0.3) is 0 Å². The molecule has 62 heavy (non-hydrogen) atoms. The van der Waals surface area contributed by atoms with E-state index in [-0.39, 0.29) is 44.4 Å². The van der Waals surface area contributed by atoms with Gasteiger partial charge in [0.1, 0.15) is 29.5 Å². The van der Waals surface area contributed by atoms with Gasteiger partial charge in [0.15, 0.2) is 18.7 Å². The molecule has 362 valence electrons. The summed E-state index contributed by atoms with van der Waals surface area (Å²) >= 11 is 0.